The van der Waals surface area contributed by atoms with E-state index in [9.17, 15) is 14.9 Å². The van der Waals surface area contributed by atoms with Gasteiger partial charge < -0.3 is 5.32 Å². The van der Waals surface area contributed by atoms with Crippen LogP contribution in [0.3, 0.4) is 0 Å². The molecule has 0 fully saturated rings. The van der Waals surface area contributed by atoms with Crippen LogP contribution >= 0.6 is 47.2 Å². The Hall–Kier alpha value is -3.63. The molecule has 37 heavy (non-hydrogen) atoms. The molecule has 1 atom stereocenters. The van der Waals surface area contributed by atoms with Crippen LogP contribution in [0.4, 0.5) is 17.6 Å². The highest BCUT2D eigenvalue weighted by Crippen LogP contribution is 2.34. The maximum Gasteiger partial charge on any atom is 0.288 e. The number of aromatic nitrogens is 3. The van der Waals surface area contributed by atoms with Gasteiger partial charge in [-0.15, -0.1) is 17.5 Å². The van der Waals surface area contributed by atoms with Gasteiger partial charge >= 0.3 is 0 Å². The number of benzene rings is 3. The number of halogens is 4. The Morgan fingerprint density at radius 1 is 1.00 bits per heavy atom. The zero-order chi connectivity index (χ0) is 25.4. The first-order chi connectivity index (χ1) is 17.3. The van der Waals surface area contributed by atoms with E-state index in [0.29, 0.717) is 16.0 Å². The zero-order valence-corrected chi connectivity index (χ0v) is 21.6. The Morgan fingerprint density at radius 2 is 1.65 bits per heavy atom. The van der Waals surface area contributed by atoms with Gasteiger partial charge in [-0.2, -0.15) is 4.98 Å². The smallest absolute Gasteiger partial charge is 0.288 e. The number of nitro groups is 1. The predicted molar refractivity (Wildman–Crippen MR) is 146 cm³/mol. The molecular weight excluding hydrogens is 562 g/mol. The number of carbonyl (C=O) groups is 1. The Morgan fingerprint density at radius 3 is 2.30 bits per heavy atom. The van der Waals surface area contributed by atoms with Gasteiger partial charge in [-0.05, 0) is 53.6 Å². The van der Waals surface area contributed by atoms with Crippen molar-refractivity contribution in [3.8, 4) is 0 Å². The van der Waals surface area contributed by atoms with Crippen LogP contribution in [0.2, 0.25) is 15.1 Å². The van der Waals surface area contributed by atoms with Crippen molar-refractivity contribution in [1.29, 1.82) is 0 Å². The highest BCUT2D eigenvalue weighted by Gasteiger charge is 2.26. The van der Waals surface area contributed by atoms with E-state index >= 15 is 0 Å². The summed E-state index contributed by atoms with van der Waals surface area (Å²) in [5.41, 5.74) is 2.22. The fraction of sp³-hybridized carbons (Fsp3) is 0.0417. The number of nitrogens with zero attached hydrogens (tertiary/aromatic N) is 4. The summed E-state index contributed by atoms with van der Waals surface area (Å²) in [6.07, 6.45) is 1.97. The van der Waals surface area contributed by atoms with E-state index in [-0.39, 0.29) is 40.7 Å². The molecule has 0 spiro atoms. The monoisotopic (exact) mass is 576 g/mol. The molecule has 4 aromatic rings. The molecule has 0 saturated carbocycles. The van der Waals surface area contributed by atoms with Crippen LogP contribution in [0.25, 0.3) is 5.70 Å². The van der Waals surface area contributed by atoms with E-state index < -0.39 is 10.8 Å². The number of hydrogen-bond acceptors (Lipinski definition) is 6. The molecule has 2 heterocycles. The number of allylic oxidation sites excluding steroid dienone is 1. The topological polar surface area (TPSA) is 115 Å². The van der Waals surface area contributed by atoms with E-state index in [0.717, 1.165) is 22.9 Å². The summed E-state index contributed by atoms with van der Waals surface area (Å²) in [6.45, 7) is 0. The Kier molecular flexibility index (Phi) is 7.70. The Bertz CT molecular complexity index is 1520. The molecule has 0 aliphatic carbocycles. The lowest BCUT2D eigenvalue weighted by molar-refractivity contribution is -0.384. The zero-order valence-electron chi connectivity index (χ0n) is 18.6. The number of amides is 1. The van der Waals surface area contributed by atoms with Crippen LogP contribution in [-0.4, -0.2) is 25.6 Å². The summed E-state index contributed by atoms with van der Waals surface area (Å²) in [5, 5.41) is 22.6. The predicted octanol–water partition coefficient (Wildman–Crippen LogP) is 6.88. The molecule has 1 aliphatic heterocycles. The maximum absolute atomic E-state index is 12.8. The Labute approximate surface area is 231 Å². The van der Waals surface area contributed by atoms with Crippen molar-refractivity contribution in [2.75, 3.05) is 10.6 Å². The molecule has 0 bridgehead atoms. The van der Waals surface area contributed by atoms with E-state index in [4.69, 9.17) is 34.8 Å². The molecule has 1 aromatic heterocycles. The maximum atomic E-state index is 12.8. The summed E-state index contributed by atoms with van der Waals surface area (Å²) in [4.78, 5) is 27.7. The molecule has 0 saturated heterocycles. The standard InChI is InChI=1S/C24H15Cl3N6O3.ClH/c25-16-6-1-13(2-7-16)19-12-20(14-3-8-17(26)9-4-14)32-24(28-19)30-23(31-32)29-22(34)15-5-10-18(27)21(11-15)33(35)36;/h1-12,20H,(H2,28,29,30,31,34);1H. The molecule has 1 unspecified atom stereocenters. The summed E-state index contributed by atoms with van der Waals surface area (Å²) < 4.78 is 1.63. The fourth-order valence-corrected chi connectivity index (χ4v) is 4.15. The number of nitro benzene ring substituents is 1. The second-order valence-corrected chi connectivity index (χ2v) is 9.07. The van der Waals surface area contributed by atoms with Gasteiger partial charge in [0.2, 0.25) is 5.95 Å². The highest BCUT2D eigenvalue weighted by molar-refractivity contribution is 6.33. The molecule has 2 N–H and O–H groups in total. The van der Waals surface area contributed by atoms with Crippen molar-refractivity contribution in [1.82, 2.24) is 14.8 Å². The van der Waals surface area contributed by atoms with Crippen molar-refractivity contribution in [3.05, 3.63) is 115 Å². The third-order valence-corrected chi connectivity index (χ3v) is 6.29. The minimum absolute atomic E-state index is 0. The lowest BCUT2D eigenvalue weighted by atomic mass is 10.0. The molecule has 188 valence electrons. The third-order valence-electron chi connectivity index (χ3n) is 5.46. The van der Waals surface area contributed by atoms with Gasteiger partial charge in [0.05, 0.1) is 4.92 Å². The third kappa shape index (κ3) is 5.55. The van der Waals surface area contributed by atoms with E-state index in [1.165, 1.54) is 12.1 Å². The quantitative estimate of drug-likeness (QED) is 0.197. The second kappa shape index (κ2) is 10.8. The van der Waals surface area contributed by atoms with Gasteiger partial charge in [-0.25, -0.2) is 4.68 Å². The Balaban J connectivity index is 0.00000320. The largest absolute Gasteiger partial charge is 0.324 e. The SMILES string of the molecule is Cl.O=C(Nc1nc2n(n1)C(c1ccc(Cl)cc1)C=C(c1ccc(Cl)cc1)N2)c1ccc(Cl)c([N+](=O)[O-])c1. The van der Waals surface area contributed by atoms with Crippen molar-refractivity contribution in [2.24, 2.45) is 0 Å². The number of rotatable bonds is 5. The van der Waals surface area contributed by atoms with E-state index in [1.807, 2.05) is 30.3 Å². The molecule has 1 aliphatic rings. The van der Waals surface area contributed by atoms with Gasteiger partial charge in [-0.1, -0.05) is 59.1 Å². The van der Waals surface area contributed by atoms with Crippen LogP contribution in [0.1, 0.15) is 27.5 Å². The van der Waals surface area contributed by atoms with Crippen molar-refractivity contribution < 1.29 is 9.72 Å². The van der Waals surface area contributed by atoms with Crippen LogP contribution in [-0.2, 0) is 0 Å². The van der Waals surface area contributed by atoms with Gasteiger partial charge in [-0.3, -0.25) is 20.2 Å². The summed E-state index contributed by atoms with van der Waals surface area (Å²) in [7, 11) is 0. The summed E-state index contributed by atoms with van der Waals surface area (Å²) in [6, 6.07) is 18.1. The first-order valence-electron chi connectivity index (χ1n) is 10.5. The lowest BCUT2D eigenvalue weighted by Crippen LogP contribution is -2.20. The average Bonchev–Trinajstić information content (AvgIpc) is 3.26. The number of anilines is 2. The number of hydrogen-bond donors (Lipinski definition) is 2. The molecule has 9 nitrogen and oxygen atoms in total. The van der Waals surface area contributed by atoms with Crippen molar-refractivity contribution >= 4 is 76.4 Å². The van der Waals surface area contributed by atoms with Crippen molar-refractivity contribution in [2.45, 2.75) is 6.04 Å². The van der Waals surface area contributed by atoms with Crippen LogP contribution < -0.4 is 10.6 Å². The lowest BCUT2D eigenvalue weighted by Gasteiger charge is -2.24. The first kappa shape index (κ1) is 26.4. The van der Waals surface area contributed by atoms with Crippen LogP contribution in [0.15, 0.2) is 72.8 Å². The molecule has 5 rings (SSSR count). The molecule has 3 aromatic carbocycles. The minimum Gasteiger partial charge on any atom is -0.324 e. The van der Waals surface area contributed by atoms with E-state index in [2.05, 4.69) is 20.7 Å². The van der Waals surface area contributed by atoms with Crippen LogP contribution in [0, 0.1) is 10.1 Å². The minimum atomic E-state index is -0.655. The first-order valence-corrected chi connectivity index (χ1v) is 11.6. The highest BCUT2D eigenvalue weighted by atomic mass is 35.5. The second-order valence-electron chi connectivity index (χ2n) is 7.79. The summed E-state index contributed by atoms with van der Waals surface area (Å²) in [5.74, 6) is -0.212. The molecule has 0 radical (unpaired) electrons. The molecule has 13 heteroatoms. The number of carbonyl (C=O) groups excluding carboxylic acids is 1. The molecular formula is C24H16Cl4N6O3. The fourth-order valence-electron chi connectivity index (χ4n) is 3.71. The van der Waals surface area contributed by atoms with Gasteiger partial charge in [0.25, 0.3) is 17.5 Å². The number of fused-ring (bicyclic) bond motifs is 1. The normalized spacial score (nSPS) is 14.0. The van der Waals surface area contributed by atoms with Gasteiger partial charge in [0, 0.05) is 27.4 Å². The summed E-state index contributed by atoms with van der Waals surface area (Å²) >= 11 is 18.0. The molecule has 1 amide bonds. The number of nitrogens with one attached hydrogen (secondary N) is 2. The van der Waals surface area contributed by atoms with Crippen molar-refractivity contribution in [3.63, 3.8) is 0 Å². The average molecular weight is 578 g/mol. The van der Waals surface area contributed by atoms with Gasteiger partial charge in [0.15, 0.2) is 0 Å². The van der Waals surface area contributed by atoms with E-state index in [1.54, 1.807) is 28.9 Å². The van der Waals surface area contributed by atoms with Gasteiger partial charge in [0.1, 0.15) is 11.1 Å². The van der Waals surface area contributed by atoms with Crippen LogP contribution in [0.5, 0.6) is 0 Å².